The molecule has 7 nitrogen and oxygen atoms in total. The summed E-state index contributed by atoms with van der Waals surface area (Å²) in [6.07, 6.45) is 3.04. The van der Waals surface area contributed by atoms with Gasteiger partial charge in [-0.1, -0.05) is 30.3 Å². The summed E-state index contributed by atoms with van der Waals surface area (Å²) in [5.74, 6) is 1.06. The second-order valence-electron chi connectivity index (χ2n) is 6.09. The van der Waals surface area contributed by atoms with Gasteiger partial charge in [0.25, 0.3) is 5.91 Å². The summed E-state index contributed by atoms with van der Waals surface area (Å²) >= 11 is 0. The number of methoxy groups -OCH3 is 1. The maximum atomic E-state index is 12.0. The number of nitrogens with zero attached hydrogens (tertiary/aromatic N) is 2. The third-order valence-electron chi connectivity index (χ3n) is 3.94. The fourth-order valence-electron chi connectivity index (χ4n) is 2.67. The van der Waals surface area contributed by atoms with Gasteiger partial charge < -0.3 is 18.9 Å². The molecule has 0 bridgehead atoms. The van der Waals surface area contributed by atoms with Crippen molar-refractivity contribution in [1.82, 2.24) is 15.2 Å². The van der Waals surface area contributed by atoms with E-state index in [0.717, 1.165) is 5.76 Å². The van der Waals surface area contributed by atoms with Crippen LogP contribution in [0.4, 0.5) is 0 Å². The van der Waals surface area contributed by atoms with Crippen LogP contribution in [0.1, 0.15) is 27.7 Å². The molecule has 0 radical (unpaired) electrons. The number of hydrogen-bond donors (Lipinski definition) is 1. The van der Waals surface area contributed by atoms with E-state index in [0.29, 0.717) is 38.7 Å². The van der Waals surface area contributed by atoms with Gasteiger partial charge in [0.15, 0.2) is 5.69 Å². The van der Waals surface area contributed by atoms with Crippen molar-refractivity contribution in [3.05, 3.63) is 77.9 Å². The van der Waals surface area contributed by atoms with Crippen LogP contribution >= 0.6 is 0 Å². The van der Waals surface area contributed by atoms with Crippen molar-refractivity contribution in [1.29, 1.82) is 0 Å². The first-order valence-corrected chi connectivity index (χ1v) is 8.75. The van der Waals surface area contributed by atoms with Crippen LogP contribution in [0.25, 0.3) is 0 Å². The Hall–Kier alpha value is -2.90. The molecule has 0 spiro atoms. The first-order chi connectivity index (χ1) is 13.2. The van der Waals surface area contributed by atoms with Crippen LogP contribution in [0.2, 0.25) is 0 Å². The molecule has 27 heavy (non-hydrogen) atoms. The molecule has 7 heteroatoms. The van der Waals surface area contributed by atoms with Crippen molar-refractivity contribution in [2.24, 2.45) is 0 Å². The van der Waals surface area contributed by atoms with Crippen LogP contribution in [-0.4, -0.2) is 36.1 Å². The molecule has 0 aliphatic rings. The zero-order chi connectivity index (χ0) is 18.9. The average molecular weight is 369 g/mol. The summed E-state index contributed by atoms with van der Waals surface area (Å²) < 4.78 is 15.9. The number of hydrogen-bond acceptors (Lipinski definition) is 6. The Bertz CT molecular complexity index is 815. The third-order valence-corrected chi connectivity index (χ3v) is 3.94. The Kier molecular flexibility index (Phi) is 6.78. The maximum absolute atomic E-state index is 12.0. The first-order valence-electron chi connectivity index (χ1n) is 8.75. The molecule has 2 aromatic heterocycles. The van der Waals surface area contributed by atoms with E-state index in [-0.39, 0.29) is 11.6 Å². The Balaban J connectivity index is 1.65. The predicted octanol–water partition coefficient (Wildman–Crippen LogP) is 2.85. The molecule has 0 saturated carbocycles. The van der Waals surface area contributed by atoms with Gasteiger partial charge in [-0.05, 0) is 17.7 Å². The number of carbonyl (C=O) groups is 1. The number of aromatic nitrogens is 1. The molecule has 0 saturated heterocycles. The van der Waals surface area contributed by atoms with Crippen molar-refractivity contribution in [3.8, 4) is 0 Å². The standard InChI is InChI=1S/C20H23N3O4/c1-25-11-9-21-20(24)18-15-27-19(22-18)14-23(13-17-8-5-10-26-17)12-16-6-3-2-4-7-16/h2-8,10,15H,9,11-14H2,1H3,(H,21,24). The van der Waals surface area contributed by atoms with Crippen molar-refractivity contribution in [2.75, 3.05) is 20.3 Å². The van der Waals surface area contributed by atoms with E-state index in [9.17, 15) is 4.79 Å². The first kappa shape index (κ1) is 18.9. The molecular formula is C20H23N3O4. The quantitative estimate of drug-likeness (QED) is 0.554. The van der Waals surface area contributed by atoms with Gasteiger partial charge in [0, 0.05) is 20.2 Å². The zero-order valence-corrected chi connectivity index (χ0v) is 15.3. The lowest BCUT2D eigenvalue weighted by Gasteiger charge is -2.19. The normalized spacial score (nSPS) is 11.0. The van der Waals surface area contributed by atoms with E-state index in [1.54, 1.807) is 13.4 Å². The highest BCUT2D eigenvalue weighted by Gasteiger charge is 2.16. The lowest BCUT2D eigenvalue weighted by molar-refractivity contribution is 0.0932. The Labute approximate surface area is 157 Å². The molecule has 1 amide bonds. The van der Waals surface area contributed by atoms with Crippen LogP contribution in [0.15, 0.2) is 63.8 Å². The Morgan fingerprint density at radius 2 is 1.96 bits per heavy atom. The minimum atomic E-state index is -0.275. The molecule has 0 aliphatic heterocycles. The molecule has 0 unspecified atom stereocenters. The van der Waals surface area contributed by atoms with E-state index < -0.39 is 0 Å². The van der Waals surface area contributed by atoms with E-state index in [4.69, 9.17) is 13.6 Å². The topological polar surface area (TPSA) is 80.7 Å². The van der Waals surface area contributed by atoms with Crippen LogP contribution in [0, 0.1) is 0 Å². The molecular weight excluding hydrogens is 346 g/mol. The highest BCUT2D eigenvalue weighted by Crippen LogP contribution is 2.14. The monoisotopic (exact) mass is 369 g/mol. The number of benzene rings is 1. The fourth-order valence-corrected chi connectivity index (χ4v) is 2.67. The number of rotatable bonds is 10. The van der Waals surface area contributed by atoms with E-state index >= 15 is 0 Å². The number of nitrogens with one attached hydrogen (secondary N) is 1. The summed E-state index contributed by atoms with van der Waals surface area (Å²) in [4.78, 5) is 18.5. The van der Waals surface area contributed by atoms with Crippen molar-refractivity contribution in [2.45, 2.75) is 19.6 Å². The lowest BCUT2D eigenvalue weighted by atomic mass is 10.2. The van der Waals surface area contributed by atoms with Gasteiger partial charge in [-0.25, -0.2) is 4.98 Å². The number of ether oxygens (including phenoxy) is 1. The molecule has 3 aromatic rings. The van der Waals surface area contributed by atoms with E-state index in [2.05, 4.69) is 27.3 Å². The summed E-state index contributed by atoms with van der Waals surface area (Å²) in [6, 6.07) is 13.9. The van der Waals surface area contributed by atoms with Gasteiger partial charge in [-0.3, -0.25) is 9.69 Å². The third kappa shape index (κ3) is 5.80. The van der Waals surface area contributed by atoms with Gasteiger partial charge >= 0.3 is 0 Å². The van der Waals surface area contributed by atoms with Crippen LogP contribution in [0.3, 0.4) is 0 Å². The molecule has 1 aromatic carbocycles. The van der Waals surface area contributed by atoms with Gasteiger partial charge in [-0.15, -0.1) is 0 Å². The van der Waals surface area contributed by atoms with E-state index in [1.165, 1.54) is 11.8 Å². The number of amides is 1. The lowest BCUT2D eigenvalue weighted by Crippen LogP contribution is -2.27. The molecule has 142 valence electrons. The second-order valence-corrected chi connectivity index (χ2v) is 6.09. The van der Waals surface area contributed by atoms with Gasteiger partial charge in [-0.2, -0.15) is 0 Å². The predicted molar refractivity (Wildman–Crippen MR) is 98.8 cm³/mol. The SMILES string of the molecule is COCCNC(=O)c1coc(CN(Cc2ccccc2)Cc2ccco2)n1. The van der Waals surface area contributed by atoms with E-state index in [1.807, 2.05) is 30.3 Å². The smallest absolute Gasteiger partial charge is 0.273 e. The minimum absolute atomic E-state index is 0.263. The van der Waals surface area contributed by atoms with Crippen LogP contribution in [-0.2, 0) is 24.4 Å². The van der Waals surface area contributed by atoms with Crippen molar-refractivity contribution < 1.29 is 18.4 Å². The fraction of sp³-hybridized carbons (Fsp3) is 0.300. The largest absolute Gasteiger partial charge is 0.468 e. The molecule has 0 atom stereocenters. The molecule has 2 heterocycles. The Morgan fingerprint density at radius 1 is 1.11 bits per heavy atom. The van der Waals surface area contributed by atoms with Crippen LogP contribution in [0.5, 0.6) is 0 Å². The van der Waals surface area contributed by atoms with Crippen molar-refractivity contribution in [3.63, 3.8) is 0 Å². The summed E-state index contributed by atoms with van der Waals surface area (Å²) in [6.45, 7) is 2.65. The average Bonchev–Trinajstić information content (AvgIpc) is 3.35. The number of oxazole rings is 1. The van der Waals surface area contributed by atoms with Crippen LogP contribution < -0.4 is 5.32 Å². The summed E-state index contributed by atoms with van der Waals surface area (Å²) in [5, 5.41) is 2.73. The molecule has 1 N–H and O–H groups in total. The summed E-state index contributed by atoms with van der Waals surface area (Å²) in [7, 11) is 1.58. The molecule has 0 aliphatic carbocycles. The van der Waals surface area contributed by atoms with Crippen molar-refractivity contribution >= 4 is 5.91 Å². The molecule has 0 fully saturated rings. The number of furan rings is 1. The molecule has 3 rings (SSSR count). The van der Waals surface area contributed by atoms with Gasteiger partial charge in [0.1, 0.15) is 12.0 Å². The second kappa shape index (κ2) is 9.70. The summed E-state index contributed by atoms with van der Waals surface area (Å²) in [5.41, 5.74) is 1.44. The Morgan fingerprint density at radius 3 is 2.70 bits per heavy atom. The van der Waals surface area contributed by atoms with Gasteiger partial charge in [0.2, 0.25) is 5.89 Å². The van der Waals surface area contributed by atoms with Gasteiger partial charge in [0.05, 0.1) is 26.0 Å². The number of carbonyl (C=O) groups excluding carboxylic acids is 1. The zero-order valence-electron chi connectivity index (χ0n) is 15.3. The highest BCUT2D eigenvalue weighted by atomic mass is 16.5. The highest BCUT2D eigenvalue weighted by molar-refractivity contribution is 5.91. The maximum Gasteiger partial charge on any atom is 0.273 e. The minimum Gasteiger partial charge on any atom is -0.468 e.